The molecule has 0 saturated carbocycles. The highest BCUT2D eigenvalue weighted by atomic mass is 32.1. The van der Waals surface area contributed by atoms with E-state index in [1.54, 1.807) is 0 Å². The van der Waals surface area contributed by atoms with Crippen molar-refractivity contribution in [2.24, 2.45) is 0 Å². The number of furan rings is 1. The van der Waals surface area contributed by atoms with Crippen LogP contribution >= 0.6 is 11.3 Å². The number of rotatable bonds is 6. The molecule has 262 valence electrons. The molecular formula is C51H31N3OS. The molecule has 4 nitrogen and oxygen atoms in total. The second-order valence-electron chi connectivity index (χ2n) is 13.9. The van der Waals surface area contributed by atoms with E-state index in [9.17, 15) is 0 Å². The average molecular weight is 734 g/mol. The molecule has 5 heteroatoms. The lowest BCUT2D eigenvalue weighted by molar-refractivity contribution is 0.670. The van der Waals surface area contributed by atoms with Crippen LogP contribution in [0.15, 0.2) is 192 Å². The van der Waals surface area contributed by atoms with Gasteiger partial charge in [-0.2, -0.15) is 0 Å². The minimum Gasteiger partial charge on any atom is -0.455 e. The number of nitrogens with zero attached hydrogens (tertiary/aromatic N) is 3. The van der Waals surface area contributed by atoms with Crippen molar-refractivity contribution in [1.82, 2.24) is 15.0 Å². The van der Waals surface area contributed by atoms with Gasteiger partial charge in [-0.3, -0.25) is 0 Å². The number of fused-ring (bicyclic) bond motifs is 6. The van der Waals surface area contributed by atoms with Gasteiger partial charge in [-0.15, -0.1) is 11.3 Å². The fourth-order valence-electron chi connectivity index (χ4n) is 7.90. The third-order valence-corrected chi connectivity index (χ3v) is 11.7. The maximum Gasteiger partial charge on any atom is 0.164 e. The van der Waals surface area contributed by atoms with Gasteiger partial charge < -0.3 is 4.42 Å². The Balaban J connectivity index is 1.11. The first kappa shape index (κ1) is 32.2. The average Bonchev–Trinajstić information content (AvgIpc) is 3.85. The van der Waals surface area contributed by atoms with Crippen molar-refractivity contribution >= 4 is 53.4 Å². The zero-order chi connectivity index (χ0) is 37.0. The highest BCUT2D eigenvalue weighted by Gasteiger charge is 2.20. The van der Waals surface area contributed by atoms with Crippen molar-refractivity contribution in [3.8, 4) is 67.5 Å². The summed E-state index contributed by atoms with van der Waals surface area (Å²) in [5, 5.41) is 4.77. The molecule has 0 aliphatic heterocycles. The van der Waals surface area contributed by atoms with Gasteiger partial charge in [-0.05, 0) is 52.1 Å². The van der Waals surface area contributed by atoms with Gasteiger partial charge in [0.05, 0.1) is 0 Å². The molecule has 0 saturated heterocycles. The smallest absolute Gasteiger partial charge is 0.164 e. The molecule has 11 aromatic rings. The normalized spacial score (nSPS) is 11.6. The predicted molar refractivity (Wildman–Crippen MR) is 233 cm³/mol. The maximum atomic E-state index is 6.62. The van der Waals surface area contributed by atoms with Gasteiger partial charge in [0.25, 0.3) is 0 Å². The minimum atomic E-state index is 0.625. The summed E-state index contributed by atoms with van der Waals surface area (Å²) in [6.45, 7) is 0. The monoisotopic (exact) mass is 733 g/mol. The molecule has 0 amide bonds. The van der Waals surface area contributed by atoms with Gasteiger partial charge in [-0.1, -0.05) is 164 Å². The fraction of sp³-hybridized carbons (Fsp3) is 0. The Morgan fingerprint density at radius 3 is 1.59 bits per heavy atom. The zero-order valence-corrected chi connectivity index (χ0v) is 30.9. The molecule has 3 heterocycles. The van der Waals surface area contributed by atoms with Crippen molar-refractivity contribution in [1.29, 1.82) is 0 Å². The highest BCUT2D eigenvalue weighted by molar-refractivity contribution is 7.25. The van der Waals surface area contributed by atoms with Crippen LogP contribution in [0.1, 0.15) is 0 Å². The van der Waals surface area contributed by atoms with Crippen LogP contribution < -0.4 is 0 Å². The molecule has 0 atom stereocenters. The number of thiophene rings is 1. The van der Waals surface area contributed by atoms with Gasteiger partial charge >= 0.3 is 0 Å². The van der Waals surface area contributed by atoms with Gasteiger partial charge in [0.1, 0.15) is 11.2 Å². The van der Waals surface area contributed by atoms with E-state index in [0.717, 1.165) is 72.0 Å². The second-order valence-corrected chi connectivity index (χ2v) is 15.0. The zero-order valence-electron chi connectivity index (χ0n) is 30.1. The van der Waals surface area contributed by atoms with E-state index >= 15 is 0 Å². The van der Waals surface area contributed by atoms with Gasteiger partial charge in [0, 0.05) is 53.2 Å². The van der Waals surface area contributed by atoms with E-state index in [1.165, 1.54) is 20.2 Å². The van der Waals surface area contributed by atoms with Crippen LogP contribution in [0.4, 0.5) is 0 Å². The number of aromatic nitrogens is 3. The third-order valence-electron chi connectivity index (χ3n) is 10.6. The van der Waals surface area contributed by atoms with Crippen LogP contribution in [0.5, 0.6) is 0 Å². The topological polar surface area (TPSA) is 51.8 Å². The minimum absolute atomic E-state index is 0.625. The Bertz CT molecular complexity index is 3180. The molecule has 0 aliphatic rings. The molecule has 56 heavy (non-hydrogen) atoms. The molecule has 0 N–H and O–H groups in total. The lowest BCUT2D eigenvalue weighted by Gasteiger charge is -2.17. The van der Waals surface area contributed by atoms with E-state index in [1.807, 2.05) is 84.1 Å². The molecule has 0 fully saturated rings. The Morgan fingerprint density at radius 2 is 0.857 bits per heavy atom. The molecule has 0 unspecified atom stereocenters. The van der Waals surface area contributed by atoms with Crippen molar-refractivity contribution in [3.05, 3.63) is 188 Å². The number of hydrogen-bond acceptors (Lipinski definition) is 5. The Morgan fingerprint density at radius 1 is 0.339 bits per heavy atom. The van der Waals surface area contributed by atoms with Crippen molar-refractivity contribution in [2.75, 3.05) is 0 Å². The summed E-state index contributed by atoms with van der Waals surface area (Å²) < 4.78 is 9.20. The molecule has 0 radical (unpaired) electrons. The standard InChI is InChI=1S/C51H31N3OS/c1-3-13-33(14-4-1)49-52-50(34-15-5-2-6-16-34)54-51(53-49)35-27-25-32(26-28-35)47-37(36-29-30-46-43(31-36)39-18-8-10-24-45(39)56-46)19-11-20-40(47)42-22-12-21-41-38-17-7-9-23-44(38)55-48(41)42/h1-31H. The van der Waals surface area contributed by atoms with Crippen LogP contribution in [-0.4, -0.2) is 15.0 Å². The third kappa shape index (κ3) is 5.48. The van der Waals surface area contributed by atoms with Crippen LogP contribution in [-0.2, 0) is 0 Å². The molecule has 3 aromatic heterocycles. The lowest BCUT2D eigenvalue weighted by atomic mass is 9.86. The Kier molecular flexibility index (Phi) is 7.64. The van der Waals surface area contributed by atoms with Crippen LogP contribution in [0.3, 0.4) is 0 Å². The van der Waals surface area contributed by atoms with E-state index in [2.05, 4.69) is 115 Å². The van der Waals surface area contributed by atoms with Crippen molar-refractivity contribution < 1.29 is 4.42 Å². The first-order valence-corrected chi connectivity index (χ1v) is 19.5. The number of benzene rings is 8. The molecule has 0 bridgehead atoms. The van der Waals surface area contributed by atoms with E-state index in [4.69, 9.17) is 19.4 Å². The quantitative estimate of drug-likeness (QED) is 0.171. The molecule has 0 spiro atoms. The SMILES string of the molecule is c1ccc(-c2nc(-c3ccccc3)nc(-c3ccc(-c4c(-c5ccc6sc7ccccc7c6c5)cccc4-c4cccc5c4oc4ccccc45)cc3)n2)cc1. The van der Waals surface area contributed by atoms with E-state index in [0.29, 0.717) is 17.5 Å². The van der Waals surface area contributed by atoms with Crippen LogP contribution in [0.2, 0.25) is 0 Å². The van der Waals surface area contributed by atoms with Crippen molar-refractivity contribution in [3.63, 3.8) is 0 Å². The summed E-state index contributed by atoms with van der Waals surface area (Å²) in [4.78, 5) is 14.9. The van der Waals surface area contributed by atoms with Crippen LogP contribution in [0.25, 0.3) is 110 Å². The predicted octanol–water partition coefficient (Wildman–Crippen LogP) is 14.1. The van der Waals surface area contributed by atoms with E-state index < -0.39 is 0 Å². The summed E-state index contributed by atoms with van der Waals surface area (Å²) in [6, 6.07) is 65.8. The second kappa shape index (κ2) is 13.3. The Labute approximate surface area is 327 Å². The highest BCUT2D eigenvalue weighted by Crippen LogP contribution is 2.45. The van der Waals surface area contributed by atoms with E-state index in [-0.39, 0.29) is 0 Å². The summed E-state index contributed by atoms with van der Waals surface area (Å²) >= 11 is 1.84. The molecule has 0 aliphatic carbocycles. The maximum absolute atomic E-state index is 6.62. The number of para-hydroxylation sites is 2. The van der Waals surface area contributed by atoms with Crippen molar-refractivity contribution in [2.45, 2.75) is 0 Å². The molecule has 8 aromatic carbocycles. The summed E-state index contributed by atoms with van der Waals surface area (Å²) in [7, 11) is 0. The summed E-state index contributed by atoms with van der Waals surface area (Å²) in [6.07, 6.45) is 0. The Hall–Kier alpha value is -7.21. The fourth-order valence-corrected chi connectivity index (χ4v) is 8.99. The summed E-state index contributed by atoms with van der Waals surface area (Å²) in [5.41, 5.74) is 11.3. The molecular weight excluding hydrogens is 703 g/mol. The lowest BCUT2D eigenvalue weighted by Crippen LogP contribution is -2.00. The number of hydrogen-bond donors (Lipinski definition) is 0. The van der Waals surface area contributed by atoms with Gasteiger partial charge in [0.2, 0.25) is 0 Å². The van der Waals surface area contributed by atoms with Gasteiger partial charge in [0.15, 0.2) is 17.5 Å². The first-order chi connectivity index (χ1) is 27.7. The summed E-state index contributed by atoms with van der Waals surface area (Å²) in [5.74, 6) is 1.91. The van der Waals surface area contributed by atoms with Gasteiger partial charge in [-0.25, -0.2) is 15.0 Å². The largest absolute Gasteiger partial charge is 0.455 e. The molecule has 11 rings (SSSR count). The van der Waals surface area contributed by atoms with Crippen LogP contribution in [0, 0.1) is 0 Å². The first-order valence-electron chi connectivity index (χ1n) is 18.7.